The Bertz CT molecular complexity index is 829. The Kier molecular flexibility index (Phi) is 7.77. The third-order valence-electron chi connectivity index (χ3n) is 6.03. The van der Waals surface area contributed by atoms with Crippen LogP contribution in [0.4, 0.5) is 0 Å². The van der Waals surface area contributed by atoms with Crippen LogP contribution in [0.3, 0.4) is 0 Å². The van der Waals surface area contributed by atoms with Gasteiger partial charge in [0.1, 0.15) is 5.75 Å². The lowest BCUT2D eigenvalue weighted by Crippen LogP contribution is -2.40. The normalized spacial score (nSPS) is 15.6. The molecule has 1 amide bonds. The number of amides is 1. The number of carbonyl (C=O) groups is 1. The second-order valence-electron chi connectivity index (χ2n) is 10.0. The molecular weight excluding hydrogens is 384 g/mol. The zero-order valence-electron chi connectivity index (χ0n) is 19.9. The number of hydrogen-bond donors (Lipinski definition) is 0. The smallest absolute Gasteiger partial charge is 0.253 e. The molecule has 2 aromatic carbocycles. The quantitative estimate of drug-likeness (QED) is 0.584. The highest BCUT2D eigenvalue weighted by Crippen LogP contribution is 2.25. The van der Waals surface area contributed by atoms with Gasteiger partial charge in [-0.15, -0.1) is 0 Å². The summed E-state index contributed by atoms with van der Waals surface area (Å²) in [5.41, 5.74) is 3.33. The van der Waals surface area contributed by atoms with E-state index in [0.717, 1.165) is 29.0 Å². The summed E-state index contributed by atoms with van der Waals surface area (Å²) in [4.78, 5) is 16.6. The predicted octanol–water partition coefficient (Wildman–Crippen LogP) is 5.58. The van der Waals surface area contributed by atoms with E-state index in [0.29, 0.717) is 17.9 Å². The second kappa shape index (κ2) is 10.3. The summed E-state index contributed by atoms with van der Waals surface area (Å²) in [6.07, 6.45) is 2.43. The van der Waals surface area contributed by atoms with Gasteiger partial charge in [-0.25, -0.2) is 0 Å². The minimum atomic E-state index is 0.0574. The van der Waals surface area contributed by atoms with Crippen LogP contribution in [0.5, 0.6) is 5.75 Å². The highest BCUT2D eigenvalue weighted by Gasteiger charge is 2.23. The van der Waals surface area contributed by atoms with E-state index in [1.165, 1.54) is 32.5 Å². The largest absolute Gasteiger partial charge is 0.493 e. The fraction of sp³-hybridized carbons (Fsp3) is 0.519. The Morgan fingerprint density at radius 2 is 1.55 bits per heavy atom. The molecule has 0 bridgehead atoms. The first-order valence-corrected chi connectivity index (χ1v) is 11.6. The summed E-state index contributed by atoms with van der Waals surface area (Å²) in [7, 11) is 1.82. The lowest BCUT2D eigenvalue weighted by Gasteiger charge is -2.35. The minimum absolute atomic E-state index is 0.0574. The first-order valence-electron chi connectivity index (χ1n) is 11.6. The molecule has 4 nitrogen and oxygen atoms in total. The molecule has 2 aromatic rings. The third kappa shape index (κ3) is 6.83. The molecule has 3 rings (SSSR count). The summed E-state index contributed by atoms with van der Waals surface area (Å²) >= 11 is 0. The van der Waals surface area contributed by atoms with E-state index in [2.05, 4.69) is 37.8 Å². The van der Waals surface area contributed by atoms with Gasteiger partial charge in [0, 0.05) is 25.7 Å². The van der Waals surface area contributed by atoms with Crippen LogP contribution in [-0.4, -0.2) is 55.5 Å². The van der Waals surface area contributed by atoms with Crippen molar-refractivity contribution in [3.8, 4) is 16.9 Å². The Hall–Kier alpha value is -2.33. The van der Waals surface area contributed by atoms with Gasteiger partial charge >= 0.3 is 0 Å². The van der Waals surface area contributed by atoms with Gasteiger partial charge in [0.2, 0.25) is 0 Å². The molecular formula is C27H38N2O2. The molecule has 0 N–H and O–H groups in total. The maximum Gasteiger partial charge on any atom is 0.253 e. The van der Waals surface area contributed by atoms with Gasteiger partial charge in [-0.05, 0) is 79.6 Å². The minimum Gasteiger partial charge on any atom is -0.493 e. The first kappa shape index (κ1) is 23.3. The molecule has 0 saturated carbocycles. The topological polar surface area (TPSA) is 32.8 Å². The molecule has 4 heteroatoms. The summed E-state index contributed by atoms with van der Waals surface area (Å²) in [6, 6.07) is 16.1. The molecule has 0 atom stereocenters. The number of carbonyl (C=O) groups excluding carboxylic acids is 1. The fourth-order valence-electron chi connectivity index (χ4n) is 4.11. The van der Waals surface area contributed by atoms with Crippen LogP contribution < -0.4 is 4.74 Å². The Labute approximate surface area is 188 Å². The number of rotatable bonds is 7. The van der Waals surface area contributed by atoms with Gasteiger partial charge in [0.05, 0.1) is 6.61 Å². The SMILES string of the molecule is CCN(C)C(=O)c1ccc(-c2ccc(OCC3CCN(CC(C)(C)C)CC3)cc2)cc1. The molecule has 1 saturated heterocycles. The van der Waals surface area contributed by atoms with Gasteiger partial charge < -0.3 is 14.5 Å². The molecule has 168 valence electrons. The fourth-order valence-corrected chi connectivity index (χ4v) is 4.11. The molecule has 1 fully saturated rings. The van der Waals surface area contributed by atoms with Crippen LogP contribution in [0.15, 0.2) is 48.5 Å². The average Bonchev–Trinajstić information content (AvgIpc) is 2.77. The molecule has 0 radical (unpaired) electrons. The monoisotopic (exact) mass is 422 g/mol. The summed E-state index contributed by atoms with van der Waals surface area (Å²) in [5, 5.41) is 0. The van der Waals surface area contributed by atoms with Gasteiger partial charge in [-0.3, -0.25) is 4.79 Å². The molecule has 0 aromatic heterocycles. The molecule has 0 unspecified atom stereocenters. The van der Waals surface area contributed by atoms with Crippen LogP contribution in [-0.2, 0) is 0 Å². The van der Waals surface area contributed by atoms with Crippen LogP contribution in [0, 0.1) is 11.3 Å². The number of nitrogens with zero attached hydrogens (tertiary/aromatic N) is 2. The maximum atomic E-state index is 12.3. The standard InChI is InChI=1S/C27H38N2O2/c1-6-28(5)26(30)24-9-7-22(8-10-24)23-11-13-25(14-12-23)31-19-21-15-17-29(18-16-21)20-27(2,3)4/h7-14,21H,6,15-20H2,1-5H3. The van der Waals surface area contributed by atoms with Crippen molar-refractivity contribution in [2.24, 2.45) is 11.3 Å². The Morgan fingerprint density at radius 1 is 1.00 bits per heavy atom. The van der Waals surface area contributed by atoms with Crippen molar-refractivity contribution >= 4 is 5.91 Å². The molecule has 1 aliphatic rings. The average molecular weight is 423 g/mol. The van der Waals surface area contributed by atoms with Crippen molar-refractivity contribution in [2.75, 3.05) is 39.8 Å². The molecule has 0 spiro atoms. The van der Waals surface area contributed by atoms with E-state index >= 15 is 0 Å². The summed E-state index contributed by atoms with van der Waals surface area (Å²) < 4.78 is 6.09. The van der Waals surface area contributed by atoms with Gasteiger partial charge in [0.25, 0.3) is 5.91 Å². The number of hydrogen-bond acceptors (Lipinski definition) is 3. The maximum absolute atomic E-state index is 12.3. The number of likely N-dealkylation sites (tertiary alicyclic amines) is 1. The van der Waals surface area contributed by atoms with Crippen molar-refractivity contribution in [3.05, 3.63) is 54.1 Å². The molecule has 1 heterocycles. The summed E-state index contributed by atoms with van der Waals surface area (Å²) in [5.74, 6) is 1.63. The molecule has 1 aliphatic heterocycles. The van der Waals surface area contributed by atoms with Crippen LogP contribution in [0.1, 0.15) is 50.9 Å². The van der Waals surface area contributed by atoms with Crippen LogP contribution in [0.2, 0.25) is 0 Å². The zero-order valence-corrected chi connectivity index (χ0v) is 19.9. The van der Waals surface area contributed by atoms with Crippen molar-refractivity contribution in [1.82, 2.24) is 9.80 Å². The van der Waals surface area contributed by atoms with Crippen molar-refractivity contribution in [3.63, 3.8) is 0 Å². The van der Waals surface area contributed by atoms with Gasteiger partial charge in [-0.1, -0.05) is 45.0 Å². The molecule has 31 heavy (non-hydrogen) atoms. The highest BCUT2D eigenvalue weighted by atomic mass is 16.5. The predicted molar refractivity (Wildman–Crippen MR) is 129 cm³/mol. The Morgan fingerprint density at radius 3 is 2.06 bits per heavy atom. The highest BCUT2D eigenvalue weighted by molar-refractivity contribution is 5.94. The van der Waals surface area contributed by atoms with Crippen molar-refractivity contribution in [1.29, 1.82) is 0 Å². The lowest BCUT2D eigenvalue weighted by atomic mass is 9.92. The lowest BCUT2D eigenvalue weighted by molar-refractivity contribution is 0.0802. The number of piperidine rings is 1. The van der Waals surface area contributed by atoms with E-state index in [1.807, 2.05) is 50.4 Å². The van der Waals surface area contributed by atoms with Crippen LogP contribution in [0.25, 0.3) is 11.1 Å². The van der Waals surface area contributed by atoms with E-state index in [-0.39, 0.29) is 5.91 Å². The third-order valence-corrected chi connectivity index (χ3v) is 6.03. The summed E-state index contributed by atoms with van der Waals surface area (Å²) in [6.45, 7) is 13.9. The zero-order chi connectivity index (χ0) is 22.4. The molecule has 0 aliphatic carbocycles. The number of ether oxygens (including phenoxy) is 1. The second-order valence-corrected chi connectivity index (χ2v) is 10.0. The van der Waals surface area contributed by atoms with E-state index in [1.54, 1.807) is 4.90 Å². The van der Waals surface area contributed by atoms with Gasteiger partial charge in [-0.2, -0.15) is 0 Å². The van der Waals surface area contributed by atoms with Crippen molar-refractivity contribution in [2.45, 2.75) is 40.5 Å². The van der Waals surface area contributed by atoms with E-state index < -0.39 is 0 Å². The number of benzene rings is 2. The van der Waals surface area contributed by atoms with Crippen molar-refractivity contribution < 1.29 is 9.53 Å². The van der Waals surface area contributed by atoms with E-state index in [9.17, 15) is 4.79 Å². The van der Waals surface area contributed by atoms with E-state index in [4.69, 9.17) is 4.74 Å². The first-order chi connectivity index (χ1) is 14.7. The van der Waals surface area contributed by atoms with Gasteiger partial charge in [0.15, 0.2) is 0 Å². The van der Waals surface area contributed by atoms with Crippen LogP contribution >= 0.6 is 0 Å². The Balaban J connectivity index is 1.49.